The fourth-order valence-electron chi connectivity index (χ4n) is 4.61. The molecule has 2 heterocycles. The Morgan fingerprint density at radius 2 is 1.94 bits per heavy atom. The lowest BCUT2D eigenvalue weighted by atomic mass is 10.1. The number of aryl methyl sites for hydroxylation is 1. The molecule has 0 unspecified atom stereocenters. The summed E-state index contributed by atoms with van der Waals surface area (Å²) in [6.45, 7) is 4.80. The number of thiophene rings is 1. The van der Waals surface area contributed by atoms with Crippen molar-refractivity contribution in [1.82, 2.24) is 9.62 Å². The second kappa shape index (κ2) is 10.2. The summed E-state index contributed by atoms with van der Waals surface area (Å²) in [5.74, 6) is 1.23. The van der Waals surface area contributed by atoms with Crippen molar-refractivity contribution < 1.29 is 17.9 Å². The van der Waals surface area contributed by atoms with Gasteiger partial charge in [0.05, 0.1) is 6.61 Å². The number of halogens is 1. The minimum absolute atomic E-state index is 0.106. The molecule has 6 nitrogen and oxygen atoms in total. The predicted octanol–water partition coefficient (Wildman–Crippen LogP) is 5.28. The number of rotatable bonds is 10. The maximum atomic E-state index is 13.1. The number of carbonyl (C=O) groups excluding carboxylic acids is 1. The van der Waals surface area contributed by atoms with Crippen LogP contribution in [0.3, 0.4) is 0 Å². The fourth-order valence-corrected chi connectivity index (χ4v) is 7.80. The number of likely N-dealkylation sites (tertiary alicyclic amines) is 1. The highest BCUT2D eigenvalue weighted by molar-refractivity contribution is 7.91. The van der Waals surface area contributed by atoms with Crippen LogP contribution in [0.25, 0.3) is 10.1 Å². The van der Waals surface area contributed by atoms with Gasteiger partial charge in [0, 0.05) is 40.3 Å². The number of Topliss-reactive ketones (excluding diaryl/α,β-unsaturated/α-hetero) is 1. The zero-order chi connectivity index (χ0) is 24.6. The highest BCUT2D eigenvalue weighted by Crippen LogP contribution is 2.36. The number of benzene rings is 2. The second-order valence-corrected chi connectivity index (χ2v) is 12.8. The van der Waals surface area contributed by atoms with E-state index in [0.717, 1.165) is 65.7 Å². The number of sulfonamides is 1. The molecule has 3 aromatic rings. The maximum Gasteiger partial charge on any atom is 0.250 e. The van der Waals surface area contributed by atoms with Crippen LogP contribution in [0.2, 0.25) is 5.02 Å². The minimum atomic E-state index is -3.59. The molecule has 0 amide bonds. The van der Waals surface area contributed by atoms with E-state index < -0.39 is 10.0 Å². The quantitative estimate of drug-likeness (QED) is 0.284. The summed E-state index contributed by atoms with van der Waals surface area (Å²) >= 11 is 7.38. The van der Waals surface area contributed by atoms with Crippen molar-refractivity contribution in [3.63, 3.8) is 0 Å². The number of nitrogens with zero attached hydrogens (tertiary/aromatic N) is 1. The first-order chi connectivity index (χ1) is 16.8. The van der Waals surface area contributed by atoms with Gasteiger partial charge in [-0.25, -0.2) is 13.1 Å². The molecule has 1 aliphatic heterocycles. The number of ketones is 1. The van der Waals surface area contributed by atoms with E-state index in [2.05, 4.69) is 9.62 Å². The van der Waals surface area contributed by atoms with E-state index in [1.807, 2.05) is 43.3 Å². The molecule has 1 aliphatic carbocycles. The van der Waals surface area contributed by atoms with Gasteiger partial charge in [0.1, 0.15) is 9.96 Å². The molecular weight excluding hydrogens is 504 g/mol. The summed E-state index contributed by atoms with van der Waals surface area (Å²) < 4.78 is 36.2. The summed E-state index contributed by atoms with van der Waals surface area (Å²) in [6.07, 6.45) is 3.65. The van der Waals surface area contributed by atoms with Crippen molar-refractivity contribution >= 4 is 48.8 Å². The molecule has 0 radical (unpaired) electrons. The van der Waals surface area contributed by atoms with Gasteiger partial charge in [-0.15, -0.1) is 11.3 Å². The van der Waals surface area contributed by atoms with Crippen molar-refractivity contribution in [3.05, 3.63) is 58.6 Å². The van der Waals surface area contributed by atoms with Crippen LogP contribution >= 0.6 is 22.9 Å². The topological polar surface area (TPSA) is 75.7 Å². The molecule has 1 N–H and O–H groups in total. The Labute approximate surface area is 215 Å². The van der Waals surface area contributed by atoms with E-state index in [0.29, 0.717) is 22.4 Å². The molecule has 186 valence electrons. The van der Waals surface area contributed by atoms with Gasteiger partial charge < -0.3 is 9.64 Å². The molecule has 2 aliphatic rings. The Bertz CT molecular complexity index is 1330. The second-order valence-electron chi connectivity index (χ2n) is 9.43. The van der Waals surface area contributed by atoms with Crippen molar-refractivity contribution in [2.45, 2.75) is 42.9 Å². The third-order valence-electron chi connectivity index (χ3n) is 6.67. The summed E-state index contributed by atoms with van der Waals surface area (Å²) in [5.41, 5.74) is 1.51. The van der Waals surface area contributed by atoms with Gasteiger partial charge in [0.15, 0.2) is 5.78 Å². The predicted molar refractivity (Wildman–Crippen MR) is 140 cm³/mol. The Balaban J connectivity index is 1.08. The summed E-state index contributed by atoms with van der Waals surface area (Å²) in [5, 5.41) is 1.49. The molecule has 9 heteroatoms. The Hall–Kier alpha value is -1.97. The highest BCUT2D eigenvalue weighted by atomic mass is 35.5. The minimum Gasteiger partial charge on any atom is -0.494 e. The van der Waals surface area contributed by atoms with Gasteiger partial charge in [-0.3, -0.25) is 4.79 Å². The Morgan fingerprint density at radius 3 is 2.69 bits per heavy atom. The van der Waals surface area contributed by atoms with Crippen LogP contribution < -0.4 is 9.46 Å². The van der Waals surface area contributed by atoms with Gasteiger partial charge in [-0.1, -0.05) is 11.6 Å². The highest BCUT2D eigenvalue weighted by Gasteiger charge is 2.31. The zero-order valence-electron chi connectivity index (χ0n) is 19.6. The van der Waals surface area contributed by atoms with Crippen LogP contribution in [-0.4, -0.2) is 51.4 Å². The molecule has 1 saturated heterocycles. The van der Waals surface area contributed by atoms with Crippen LogP contribution in [0.4, 0.5) is 0 Å². The van der Waals surface area contributed by atoms with Crippen molar-refractivity contribution in [2.75, 3.05) is 26.2 Å². The number of hydrogen-bond donors (Lipinski definition) is 1. The summed E-state index contributed by atoms with van der Waals surface area (Å²) in [4.78, 5) is 14.4. The average molecular weight is 533 g/mol. The first-order valence-electron chi connectivity index (χ1n) is 12.0. The Kier molecular flexibility index (Phi) is 7.19. The van der Waals surface area contributed by atoms with Crippen LogP contribution in [0, 0.1) is 12.8 Å². The van der Waals surface area contributed by atoms with E-state index in [4.69, 9.17) is 16.3 Å². The molecule has 1 saturated carbocycles. The van der Waals surface area contributed by atoms with E-state index in [1.165, 1.54) is 11.3 Å². The molecule has 2 fully saturated rings. The lowest BCUT2D eigenvalue weighted by Crippen LogP contribution is -2.37. The normalized spacial score (nSPS) is 18.9. The lowest BCUT2D eigenvalue weighted by Gasteiger charge is -2.17. The van der Waals surface area contributed by atoms with E-state index >= 15 is 0 Å². The smallest absolute Gasteiger partial charge is 0.250 e. The number of hydrogen-bond acceptors (Lipinski definition) is 6. The van der Waals surface area contributed by atoms with Crippen molar-refractivity contribution in [3.8, 4) is 5.75 Å². The van der Waals surface area contributed by atoms with Crippen LogP contribution in [0.5, 0.6) is 5.75 Å². The van der Waals surface area contributed by atoms with Crippen LogP contribution in [0.15, 0.2) is 46.7 Å². The number of carbonyl (C=O) groups is 1. The van der Waals surface area contributed by atoms with Crippen LogP contribution in [-0.2, 0) is 10.0 Å². The molecule has 1 atom stereocenters. The number of ether oxygens (including phenoxy) is 1. The third kappa shape index (κ3) is 5.73. The molecule has 1 aromatic heterocycles. The van der Waals surface area contributed by atoms with Crippen molar-refractivity contribution in [1.29, 1.82) is 0 Å². The SMILES string of the molecule is Cc1c(S(=O)(=O)N[C@@H]2CCN(CCCOc3ccc(C(=O)C4CC4)cc3)C2)sc2ccc(Cl)cc12. The Morgan fingerprint density at radius 1 is 1.17 bits per heavy atom. The lowest BCUT2D eigenvalue weighted by molar-refractivity contribution is 0.0967. The monoisotopic (exact) mass is 532 g/mol. The van der Waals surface area contributed by atoms with Gasteiger partial charge in [-0.2, -0.15) is 0 Å². The first kappa shape index (κ1) is 24.7. The average Bonchev–Trinajstić information content (AvgIpc) is 3.52. The molecule has 0 spiro atoms. The van der Waals surface area contributed by atoms with Crippen molar-refractivity contribution in [2.24, 2.45) is 5.92 Å². The third-order valence-corrected chi connectivity index (χ3v) is 10.3. The van der Waals surface area contributed by atoms with Gasteiger partial charge in [0.25, 0.3) is 10.0 Å². The number of nitrogens with one attached hydrogen (secondary N) is 1. The molecule has 2 aromatic carbocycles. The standard InChI is InChI=1S/C26H29ClN2O4S2/c1-17-23-15-20(27)7-10-24(23)34-26(17)35(31,32)28-21-11-13-29(16-21)12-2-14-33-22-8-5-19(6-9-22)25(30)18-3-4-18/h5-10,15,18,21,28H,2-4,11-14,16H2,1H3/t21-/m1/s1. The fraction of sp³-hybridized carbons (Fsp3) is 0.423. The van der Waals surface area contributed by atoms with Gasteiger partial charge in [-0.05, 0) is 92.6 Å². The molecular formula is C26H29ClN2O4S2. The summed E-state index contributed by atoms with van der Waals surface area (Å²) in [7, 11) is -3.59. The maximum absolute atomic E-state index is 13.1. The van der Waals surface area contributed by atoms with E-state index in [-0.39, 0.29) is 17.7 Å². The molecule has 5 rings (SSSR count). The molecule has 0 bridgehead atoms. The van der Waals surface area contributed by atoms with Gasteiger partial charge >= 0.3 is 0 Å². The van der Waals surface area contributed by atoms with Gasteiger partial charge in [0.2, 0.25) is 0 Å². The number of fused-ring (bicyclic) bond motifs is 1. The summed E-state index contributed by atoms with van der Waals surface area (Å²) in [6, 6.07) is 12.8. The van der Waals surface area contributed by atoms with Crippen LogP contribution in [0.1, 0.15) is 41.6 Å². The van der Waals surface area contributed by atoms with E-state index in [9.17, 15) is 13.2 Å². The first-order valence-corrected chi connectivity index (χ1v) is 14.7. The van der Waals surface area contributed by atoms with E-state index in [1.54, 1.807) is 6.07 Å². The largest absolute Gasteiger partial charge is 0.494 e. The zero-order valence-corrected chi connectivity index (χ0v) is 22.0. The molecule has 35 heavy (non-hydrogen) atoms.